The zero-order valence-corrected chi connectivity index (χ0v) is 18.9. The van der Waals surface area contributed by atoms with Gasteiger partial charge in [0.2, 0.25) is 0 Å². The summed E-state index contributed by atoms with van der Waals surface area (Å²) in [7, 11) is 0. The average Bonchev–Trinajstić information content (AvgIpc) is 3.56. The molecule has 5 rings (SSSR count). The lowest BCUT2D eigenvalue weighted by Gasteiger charge is -2.00. The first-order valence-corrected chi connectivity index (χ1v) is 11.2. The van der Waals surface area contributed by atoms with Gasteiger partial charge in [-0.1, -0.05) is 17.7 Å². The summed E-state index contributed by atoms with van der Waals surface area (Å²) in [6, 6.07) is 6.34. The van der Waals surface area contributed by atoms with E-state index in [0.717, 1.165) is 55.3 Å². The lowest BCUT2D eigenvalue weighted by Crippen LogP contribution is -2.25. The Kier molecular flexibility index (Phi) is 5.25. The third-order valence-electron chi connectivity index (χ3n) is 5.36. The molecule has 2 N–H and O–H groups in total. The van der Waals surface area contributed by atoms with E-state index in [1.165, 1.54) is 4.88 Å². The summed E-state index contributed by atoms with van der Waals surface area (Å²) >= 11 is 1.71. The molecule has 0 radical (unpaired) electrons. The molecule has 0 saturated heterocycles. The fraction of sp³-hybridized carbons (Fsp3) is 0.120. The van der Waals surface area contributed by atoms with Crippen molar-refractivity contribution in [2.24, 2.45) is 0 Å². The molecule has 0 fully saturated rings. The summed E-state index contributed by atoms with van der Waals surface area (Å²) in [6.07, 6.45) is 13.1. The van der Waals surface area contributed by atoms with Crippen molar-refractivity contribution in [3.8, 4) is 21.8 Å². The second-order valence-corrected chi connectivity index (χ2v) is 8.60. The molecule has 0 aliphatic heterocycles. The Labute approximate surface area is 189 Å². The van der Waals surface area contributed by atoms with E-state index < -0.39 is 0 Å². The number of fused-ring (bicyclic) bond motifs is 1. The molecule has 0 atom stereocenters. The van der Waals surface area contributed by atoms with E-state index >= 15 is 0 Å². The predicted molar refractivity (Wildman–Crippen MR) is 131 cm³/mol. The monoisotopic (exact) mass is 438 g/mol. The van der Waals surface area contributed by atoms with Gasteiger partial charge in [0, 0.05) is 39.6 Å². The average molecular weight is 439 g/mol. The van der Waals surface area contributed by atoms with E-state index in [0.29, 0.717) is 0 Å². The Bertz CT molecular complexity index is 1540. The van der Waals surface area contributed by atoms with E-state index in [1.807, 2.05) is 25.4 Å². The molecule has 0 aromatic carbocycles. The summed E-state index contributed by atoms with van der Waals surface area (Å²) in [6.45, 7) is 6.16. The number of aromatic nitrogens is 6. The summed E-state index contributed by atoms with van der Waals surface area (Å²) in [5.74, 6) is 0. The van der Waals surface area contributed by atoms with Gasteiger partial charge in [-0.05, 0) is 49.9 Å². The normalized spacial score (nSPS) is 12.6. The fourth-order valence-corrected chi connectivity index (χ4v) is 4.54. The summed E-state index contributed by atoms with van der Waals surface area (Å²) < 4.78 is 0. The van der Waals surface area contributed by atoms with Crippen LogP contribution in [0.3, 0.4) is 0 Å². The molecule has 0 bridgehead atoms. The van der Waals surface area contributed by atoms with Gasteiger partial charge in [0.1, 0.15) is 5.69 Å². The van der Waals surface area contributed by atoms with Crippen LogP contribution in [0.25, 0.3) is 50.0 Å². The molecule has 0 amide bonds. The quantitative estimate of drug-likeness (QED) is 0.431. The minimum Gasteiger partial charge on any atom is -0.352 e. The molecule has 5 heterocycles. The number of allylic oxidation sites excluding steroid dienone is 2. The van der Waals surface area contributed by atoms with Gasteiger partial charge in [-0.15, -0.1) is 11.3 Å². The molecule has 0 aliphatic carbocycles. The topological polar surface area (TPSA) is 83.1 Å². The van der Waals surface area contributed by atoms with E-state index in [2.05, 4.69) is 73.6 Å². The van der Waals surface area contributed by atoms with Gasteiger partial charge in [-0.2, -0.15) is 5.10 Å². The van der Waals surface area contributed by atoms with Crippen LogP contribution in [0.2, 0.25) is 0 Å². The van der Waals surface area contributed by atoms with Crippen LogP contribution in [0.5, 0.6) is 0 Å². The number of nitrogens with one attached hydrogen (secondary N) is 2. The van der Waals surface area contributed by atoms with E-state index in [-0.39, 0.29) is 0 Å². The van der Waals surface area contributed by atoms with E-state index in [1.54, 1.807) is 29.9 Å². The summed E-state index contributed by atoms with van der Waals surface area (Å²) in [5, 5.41) is 13.1. The number of nitrogens with zero attached hydrogens (tertiary/aromatic N) is 4. The SMILES string of the molecule is C/C=C(\C=c1\c(-c2cc3c(-c4cccs4)cncc3[nH]2)n[nH]c1=C(C)C)c1cnccn1. The number of thiophene rings is 1. The largest absolute Gasteiger partial charge is 0.352 e. The van der Waals surface area contributed by atoms with Crippen LogP contribution in [-0.2, 0) is 0 Å². The molecule has 0 saturated carbocycles. The third-order valence-corrected chi connectivity index (χ3v) is 6.26. The smallest absolute Gasteiger partial charge is 0.116 e. The first-order valence-electron chi connectivity index (χ1n) is 10.3. The fourth-order valence-electron chi connectivity index (χ4n) is 3.79. The maximum absolute atomic E-state index is 4.69. The number of hydrogen-bond donors (Lipinski definition) is 2. The molecule has 0 unspecified atom stereocenters. The van der Waals surface area contributed by atoms with Crippen LogP contribution in [0, 0.1) is 0 Å². The zero-order valence-electron chi connectivity index (χ0n) is 18.0. The summed E-state index contributed by atoms with van der Waals surface area (Å²) in [4.78, 5) is 17.8. The van der Waals surface area contributed by atoms with Crippen LogP contribution in [0.15, 0.2) is 60.6 Å². The molecular weight excluding hydrogens is 416 g/mol. The van der Waals surface area contributed by atoms with Gasteiger partial charge in [-0.3, -0.25) is 20.1 Å². The molecule has 5 aromatic heterocycles. The third kappa shape index (κ3) is 3.56. The van der Waals surface area contributed by atoms with E-state index in [4.69, 9.17) is 0 Å². The predicted octanol–water partition coefficient (Wildman–Crippen LogP) is 4.55. The lowest BCUT2D eigenvalue weighted by atomic mass is 10.1. The first-order chi connectivity index (χ1) is 15.7. The minimum atomic E-state index is 0.822. The maximum Gasteiger partial charge on any atom is 0.116 e. The second-order valence-electron chi connectivity index (χ2n) is 7.65. The highest BCUT2D eigenvalue weighted by molar-refractivity contribution is 7.13. The van der Waals surface area contributed by atoms with Crippen LogP contribution in [-0.4, -0.2) is 30.1 Å². The van der Waals surface area contributed by atoms with Crippen molar-refractivity contribution >= 4 is 39.5 Å². The Morgan fingerprint density at radius 3 is 2.72 bits per heavy atom. The number of aromatic amines is 2. The molecule has 158 valence electrons. The minimum absolute atomic E-state index is 0.822. The second kappa shape index (κ2) is 8.36. The van der Waals surface area contributed by atoms with Crippen molar-refractivity contribution in [3.63, 3.8) is 0 Å². The van der Waals surface area contributed by atoms with Crippen LogP contribution in [0.4, 0.5) is 0 Å². The van der Waals surface area contributed by atoms with Crippen LogP contribution >= 0.6 is 11.3 Å². The Balaban J connectivity index is 1.73. The highest BCUT2D eigenvalue weighted by Crippen LogP contribution is 2.32. The molecule has 32 heavy (non-hydrogen) atoms. The standard InChI is InChI=1S/C25H22N6S/c1-4-16(21-13-26-7-8-28-21)10-18-24(15(2)3)30-31-25(18)20-11-17-19(23-6-5-9-32-23)12-27-14-22(17)29-20/h4-14,29-30H,1-3H3/b16-4+,18-10+. The van der Waals surface area contributed by atoms with Gasteiger partial charge in [-0.25, -0.2) is 0 Å². The number of rotatable bonds is 4. The highest BCUT2D eigenvalue weighted by atomic mass is 32.1. The molecule has 6 nitrogen and oxygen atoms in total. The highest BCUT2D eigenvalue weighted by Gasteiger charge is 2.14. The van der Waals surface area contributed by atoms with E-state index in [9.17, 15) is 0 Å². The maximum atomic E-state index is 4.69. The number of pyridine rings is 1. The van der Waals surface area contributed by atoms with Gasteiger partial charge in [0.05, 0.1) is 34.6 Å². The van der Waals surface area contributed by atoms with Crippen molar-refractivity contribution in [2.45, 2.75) is 20.8 Å². The van der Waals surface area contributed by atoms with Crippen LogP contribution < -0.4 is 10.6 Å². The van der Waals surface area contributed by atoms with Gasteiger partial charge >= 0.3 is 0 Å². The number of H-pyrrole nitrogens is 2. The zero-order chi connectivity index (χ0) is 22.1. The van der Waals surface area contributed by atoms with Gasteiger partial charge < -0.3 is 4.98 Å². The van der Waals surface area contributed by atoms with Crippen molar-refractivity contribution in [1.82, 2.24) is 30.1 Å². The Morgan fingerprint density at radius 2 is 2.00 bits per heavy atom. The van der Waals surface area contributed by atoms with Crippen molar-refractivity contribution < 1.29 is 0 Å². The molecular formula is C25H22N6S. The molecule has 0 spiro atoms. The molecule has 5 aromatic rings. The Morgan fingerprint density at radius 1 is 1.09 bits per heavy atom. The van der Waals surface area contributed by atoms with Crippen LogP contribution in [0.1, 0.15) is 26.5 Å². The first kappa shape index (κ1) is 20.1. The number of hydrogen-bond acceptors (Lipinski definition) is 5. The molecule has 7 heteroatoms. The van der Waals surface area contributed by atoms with Crippen molar-refractivity contribution in [1.29, 1.82) is 0 Å². The van der Waals surface area contributed by atoms with Crippen molar-refractivity contribution in [2.75, 3.05) is 0 Å². The lowest BCUT2D eigenvalue weighted by molar-refractivity contribution is 1.05. The summed E-state index contributed by atoms with van der Waals surface area (Å²) in [5.41, 5.74) is 6.87. The molecule has 0 aliphatic rings. The Hall–Kier alpha value is -3.84. The van der Waals surface area contributed by atoms with Crippen molar-refractivity contribution in [3.05, 3.63) is 76.9 Å². The van der Waals surface area contributed by atoms with Gasteiger partial charge in [0.25, 0.3) is 0 Å². The van der Waals surface area contributed by atoms with Gasteiger partial charge in [0.15, 0.2) is 0 Å².